The van der Waals surface area contributed by atoms with E-state index in [1.807, 2.05) is 65.2 Å². The van der Waals surface area contributed by atoms with E-state index in [1.54, 1.807) is 56.3 Å². The highest BCUT2D eigenvalue weighted by Crippen LogP contribution is 2.55. The number of carbonyl (C=O) groups is 1. The Balaban J connectivity index is 1.12. The molecule has 3 aromatic heterocycles. The van der Waals surface area contributed by atoms with Crippen LogP contribution in [0.2, 0.25) is 0 Å². The predicted molar refractivity (Wildman–Crippen MR) is 250 cm³/mol. The number of aliphatic hydroxyl groups excluding tert-OH is 1. The quantitative estimate of drug-likeness (QED) is 0.0971. The van der Waals surface area contributed by atoms with E-state index in [-0.39, 0.29) is 37.0 Å². The van der Waals surface area contributed by atoms with E-state index in [2.05, 4.69) is 61.6 Å². The molecule has 1 amide bonds. The first-order valence-corrected chi connectivity index (χ1v) is 23.4. The number of carbonyl (C=O) groups excluding carboxylic acids is 1. The van der Waals surface area contributed by atoms with Gasteiger partial charge in [0.1, 0.15) is 12.6 Å². The number of nitrogens with zero attached hydrogens (tertiary/aromatic N) is 8. The van der Waals surface area contributed by atoms with Crippen LogP contribution < -0.4 is 16.6 Å². The molecular weight excluding hydrogens is 876 g/mol. The highest BCUT2D eigenvalue weighted by molar-refractivity contribution is 7.53. The van der Waals surface area contributed by atoms with Gasteiger partial charge >= 0.3 is 13.4 Å². The molecule has 3 N–H and O–H groups in total. The van der Waals surface area contributed by atoms with E-state index < -0.39 is 55.7 Å². The lowest BCUT2D eigenvalue weighted by molar-refractivity contribution is -0.148. The van der Waals surface area contributed by atoms with Gasteiger partial charge in [0.05, 0.1) is 43.8 Å². The van der Waals surface area contributed by atoms with E-state index in [1.165, 1.54) is 21.8 Å². The van der Waals surface area contributed by atoms with Crippen molar-refractivity contribution >= 4 is 30.6 Å². The number of hydrogen-bond acceptors (Lipinski definition) is 12. The second-order valence-corrected chi connectivity index (χ2v) is 19.3. The summed E-state index contributed by atoms with van der Waals surface area (Å²) >= 11 is 0. The van der Waals surface area contributed by atoms with Gasteiger partial charge in [-0.15, -0.1) is 0 Å². The number of hydrogen-bond donors (Lipinski definition) is 3. The molecule has 7 aromatic rings. The zero-order valence-electron chi connectivity index (χ0n) is 37.2. The van der Waals surface area contributed by atoms with Crippen LogP contribution in [-0.2, 0) is 24.1 Å². The summed E-state index contributed by atoms with van der Waals surface area (Å²) in [6, 6.07) is 39.6. The van der Waals surface area contributed by atoms with Crippen LogP contribution in [0.15, 0.2) is 150 Å². The van der Waals surface area contributed by atoms with E-state index >= 15 is 4.57 Å². The maximum Gasteiger partial charge on any atom is 0.345 e. The molecule has 0 radical (unpaired) electrons. The highest BCUT2D eigenvalue weighted by Gasteiger charge is 2.48. The number of benzene rings is 4. The fraction of sp³-hybridized carbons (Fsp3) is 0.292. The number of amides is 1. The second kappa shape index (κ2) is 19.4. The van der Waals surface area contributed by atoms with Crippen LogP contribution in [0.5, 0.6) is 0 Å². The SMILES string of the molecule is Cc1cn(C2CN(P(=O)(OCC3CN(C(c4ccccc4)(c4ccccc4)c4ccccc4)CC(n4cnc5c(NC(=O)c6ccccc6)ncnc54)O3)N(C)C)CC(CO)O2)c(=O)[nH]c1=O. The summed E-state index contributed by atoms with van der Waals surface area (Å²) in [7, 11) is -0.684. The Morgan fingerprint density at radius 2 is 1.39 bits per heavy atom. The van der Waals surface area contributed by atoms with Crippen LogP contribution in [0, 0.1) is 6.92 Å². The number of nitrogens with one attached hydrogen (secondary N) is 2. The molecule has 4 aromatic carbocycles. The van der Waals surface area contributed by atoms with E-state index in [4.69, 9.17) is 19.0 Å². The number of morpholine rings is 2. The Bertz CT molecular complexity index is 2900. The zero-order valence-corrected chi connectivity index (χ0v) is 38.1. The molecule has 2 fully saturated rings. The first kappa shape index (κ1) is 45.7. The van der Waals surface area contributed by atoms with Crippen LogP contribution in [0.4, 0.5) is 5.82 Å². The molecule has 2 aliphatic rings. The van der Waals surface area contributed by atoms with Crippen LogP contribution in [0.1, 0.15) is 45.1 Å². The fourth-order valence-corrected chi connectivity index (χ4v) is 11.0. The predicted octanol–water partition coefficient (Wildman–Crippen LogP) is 5.01. The van der Waals surface area contributed by atoms with Crippen molar-refractivity contribution in [1.82, 2.24) is 43.3 Å². The molecule has 19 heteroatoms. The largest absolute Gasteiger partial charge is 0.394 e. The van der Waals surface area contributed by atoms with Crippen molar-refractivity contribution in [3.63, 3.8) is 0 Å². The van der Waals surface area contributed by atoms with Crippen LogP contribution in [0.25, 0.3) is 11.2 Å². The van der Waals surface area contributed by atoms with Gasteiger partial charge in [0.25, 0.3) is 11.5 Å². The third kappa shape index (κ3) is 8.93. The van der Waals surface area contributed by atoms with E-state index in [0.29, 0.717) is 29.8 Å². The molecule has 0 saturated carbocycles. The molecular formula is C48H51N10O8P. The molecule has 5 atom stereocenters. The van der Waals surface area contributed by atoms with Crippen LogP contribution in [0.3, 0.4) is 0 Å². The third-order valence-electron chi connectivity index (χ3n) is 12.2. The highest BCUT2D eigenvalue weighted by atomic mass is 31.2. The van der Waals surface area contributed by atoms with Crippen molar-refractivity contribution in [3.05, 3.63) is 189 Å². The molecule has 0 spiro atoms. The Labute approximate surface area is 386 Å². The number of ether oxygens (including phenoxy) is 2. The van der Waals surface area contributed by atoms with Gasteiger partial charge in [0, 0.05) is 37.0 Å². The lowest BCUT2D eigenvalue weighted by Gasteiger charge is -2.51. The first-order valence-electron chi connectivity index (χ1n) is 21.9. The number of anilines is 1. The number of aliphatic hydroxyl groups is 1. The molecule has 67 heavy (non-hydrogen) atoms. The third-order valence-corrected chi connectivity index (χ3v) is 14.8. The fourth-order valence-electron chi connectivity index (χ4n) is 9.03. The van der Waals surface area contributed by atoms with Gasteiger partial charge in [0.15, 0.2) is 23.2 Å². The smallest absolute Gasteiger partial charge is 0.345 e. The summed E-state index contributed by atoms with van der Waals surface area (Å²) in [5.41, 5.74) is 2.36. The Hall–Kier alpha value is -6.47. The number of imidazole rings is 1. The molecule has 5 heterocycles. The summed E-state index contributed by atoms with van der Waals surface area (Å²) in [4.78, 5) is 57.0. The summed E-state index contributed by atoms with van der Waals surface area (Å²) in [6.45, 7) is 1.51. The van der Waals surface area contributed by atoms with Gasteiger partial charge in [0.2, 0.25) is 0 Å². The summed E-state index contributed by atoms with van der Waals surface area (Å²) in [5.74, 6) is -0.123. The average molecular weight is 927 g/mol. The summed E-state index contributed by atoms with van der Waals surface area (Å²) in [5, 5.41) is 13.3. The molecule has 2 aliphatic heterocycles. The first-order chi connectivity index (χ1) is 32.5. The van der Waals surface area contributed by atoms with Crippen LogP contribution >= 0.6 is 7.67 Å². The van der Waals surface area contributed by atoms with Gasteiger partial charge in [-0.1, -0.05) is 109 Å². The number of H-pyrrole nitrogens is 1. The lowest BCUT2D eigenvalue weighted by Crippen LogP contribution is -2.57. The molecule has 0 bridgehead atoms. The second-order valence-electron chi connectivity index (χ2n) is 16.7. The molecule has 2 saturated heterocycles. The normalized spacial score (nSPS) is 20.4. The Kier molecular flexibility index (Phi) is 13.2. The van der Waals surface area contributed by atoms with Crippen molar-refractivity contribution in [2.45, 2.75) is 37.1 Å². The van der Waals surface area contributed by atoms with Crippen molar-refractivity contribution < 1.29 is 28.5 Å². The Morgan fingerprint density at radius 3 is 1.99 bits per heavy atom. The van der Waals surface area contributed by atoms with Crippen molar-refractivity contribution in [1.29, 1.82) is 0 Å². The maximum absolute atomic E-state index is 15.4. The van der Waals surface area contributed by atoms with Gasteiger partial charge in [-0.3, -0.25) is 33.2 Å². The van der Waals surface area contributed by atoms with Crippen LogP contribution in [-0.4, -0.2) is 120 Å². The standard InChI is InChI=1S/C48H51N10O8P/c1-33-24-57(47(62)53-45(33)60)41-28-56(26-38(29-59)65-41)67(63,54(2)3)64-30-39-25-55(48(35-18-10-5-11-19-35,36-20-12-6-13-21-36)37-22-14-7-15-23-37)27-40(66-39)58-32-51-42-43(49-31-50-44(42)58)52-46(61)34-16-8-4-9-17-34/h4-24,31-32,38-41,59H,25-30H2,1-3H3,(H,53,60,62)(H,49,50,52,61). The number of fused-ring (bicyclic) bond motifs is 1. The number of aryl methyl sites for hydroxylation is 1. The number of rotatable bonds is 14. The number of aromatic nitrogens is 6. The zero-order chi connectivity index (χ0) is 46.7. The van der Waals surface area contributed by atoms with E-state index in [0.717, 1.165) is 16.7 Å². The minimum absolute atomic E-state index is 0.0167. The van der Waals surface area contributed by atoms with Gasteiger partial charge in [-0.25, -0.2) is 29.1 Å². The van der Waals surface area contributed by atoms with E-state index in [9.17, 15) is 19.5 Å². The monoisotopic (exact) mass is 926 g/mol. The van der Waals surface area contributed by atoms with Gasteiger partial charge < -0.3 is 24.4 Å². The van der Waals surface area contributed by atoms with Crippen molar-refractivity contribution in [2.24, 2.45) is 0 Å². The molecule has 5 unspecified atom stereocenters. The molecule has 18 nitrogen and oxygen atoms in total. The summed E-state index contributed by atoms with van der Waals surface area (Å²) < 4.78 is 41.3. The van der Waals surface area contributed by atoms with Gasteiger partial charge in [-0.05, 0) is 49.8 Å². The minimum Gasteiger partial charge on any atom is -0.394 e. The maximum atomic E-state index is 15.4. The number of aromatic amines is 1. The van der Waals surface area contributed by atoms with Crippen molar-refractivity contribution in [3.8, 4) is 0 Å². The average Bonchev–Trinajstić information content (AvgIpc) is 3.81. The van der Waals surface area contributed by atoms with Gasteiger partial charge in [-0.2, -0.15) is 0 Å². The minimum atomic E-state index is -3.97. The molecule has 346 valence electrons. The lowest BCUT2D eigenvalue weighted by atomic mass is 9.75. The van der Waals surface area contributed by atoms with Crippen molar-refractivity contribution in [2.75, 3.05) is 58.8 Å². The topological polar surface area (TPSA) is 202 Å². The molecule has 0 aliphatic carbocycles. The Morgan fingerprint density at radius 1 is 0.806 bits per heavy atom. The summed E-state index contributed by atoms with van der Waals surface area (Å²) in [6.07, 6.45) is 1.01. The molecule has 9 rings (SSSR count).